The number of amides is 1. The normalized spacial score (nSPS) is 11.7. The molecule has 0 bridgehead atoms. The van der Waals surface area contributed by atoms with E-state index in [9.17, 15) is 4.79 Å². The van der Waals surface area contributed by atoms with Crippen molar-refractivity contribution in [3.05, 3.63) is 59.1 Å². The van der Waals surface area contributed by atoms with E-state index < -0.39 is 6.10 Å². The molecule has 4 nitrogen and oxygen atoms in total. The standard InChI is InChI=1S/C21H26ClNO3/c1-3-18(26-20-14-8-6-12-17(20)22)21(24)23-15-9-11-16-10-5-7-13-19(16)25-4-2/h5-8,10,12-14,18H,3-4,9,11,15H2,1-2H3,(H,23,24)/t18-/m0/s1. The Kier molecular flexibility index (Phi) is 8.29. The highest BCUT2D eigenvalue weighted by molar-refractivity contribution is 6.32. The maximum atomic E-state index is 12.4. The Labute approximate surface area is 160 Å². The number of benzene rings is 2. The van der Waals surface area contributed by atoms with Crippen LogP contribution in [0, 0.1) is 0 Å². The minimum Gasteiger partial charge on any atom is -0.494 e. The zero-order valence-corrected chi connectivity index (χ0v) is 16.1. The van der Waals surface area contributed by atoms with Gasteiger partial charge in [-0.2, -0.15) is 0 Å². The first kappa shape index (κ1) is 20.1. The molecule has 0 radical (unpaired) electrons. The smallest absolute Gasteiger partial charge is 0.261 e. The molecule has 1 N–H and O–H groups in total. The average molecular weight is 376 g/mol. The van der Waals surface area contributed by atoms with Gasteiger partial charge in [0.05, 0.1) is 11.6 Å². The summed E-state index contributed by atoms with van der Waals surface area (Å²) in [7, 11) is 0. The highest BCUT2D eigenvalue weighted by Crippen LogP contribution is 2.25. The lowest BCUT2D eigenvalue weighted by molar-refractivity contribution is -0.128. The summed E-state index contributed by atoms with van der Waals surface area (Å²) in [5.41, 5.74) is 1.16. The SMILES string of the molecule is CCOc1ccccc1CCCNC(=O)[C@H](CC)Oc1ccccc1Cl. The van der Waals surface area contributed by atoms with Gasteiger partial charge in [0.1, 0.15) is 11.5 Å². The Morgan fingerprint density at radius 2 is 1.77 bits per heavy atom. The fraction of sp³-hybridized carbons (Fsp3) is 0.381. The molecule has 2 aromatic rings. The fourth-order valence-electron chi connectivity index (χ4n) is 2.63. The van der Waals surface area contributed by atoms with Crippen LogP contribution in [0.1, 0.15) is 32.3 Å². The monoisotopic (exact) mass is 375 g/mol. The highest BCUT2D eigenvalue weighted by Gasteiger charge is 2.18. The van der Waals surface area contributed by atoms with E-state index in [0.717, 1.165) is 24.2 Å². The van der Waals surface area contributed by atoms with Gasteiger partial charge in [0, 0.05) is 6.54 Å². The van der Waals surface area contributed by atoms with E-state index in [4.69, 9.17) is 21.1 Å². The number of hydrogen-bond donors (Lipinski definition) is 1. The molecule has 1 atom stereocenters. The molecule has 2 aromatic carbocycles. The van der Waals surface area contributed by atoms with Crippen molar-refractivity contribution in [3.63, 3.8) is 0 Å². The van der Waals surface area contributed by atoms with Gasteiger partial charge in [-0.05, 0) is 49.9 Å². The quantitative estimate of drug-likeness (QED) is 0.615. The third-order valence-corrected chi connectivity index (χ3v) is 4.28. The number of hydrogen-bond acceptors (Lipinski definition) is 3. The van der Waals surface area contributed by atoms with E-state index in [1.165, 1.54) is 0 Å². The Hall–Kier alpha value is -2.20. The topological polar surface area (TPSA) is 47.6 Å². The van der Waals surface area contributed by atoms with Crippen LogP contribution in [0.4, 0.5) is 0 Å². The number of halogens is 1. The first-order valence-corrected chi connectivity index (χ1v) is 9.43. The summed E-state index contributed by atoms with van der Waals surface area (Å²) in [5.74, 6) is 1.32. The number of para-hydroxylation sites is 2. The molecule has 0 aliphatic heterocycles. The first-order valence-electron chi connectivity index (χ1n) is 9.05. The molecule has 0 saturated carbocycles. The Balaban J connectivity index is 1.81. The van der Waals surface area contributed by atoms with Crippen molar-refractivity contribution in [2.75, 3.05) is 13.2 Å². The zero-order chi connectivity index (χ0) is 18.8. The van der Waals surface area contributed by atoms with Crippen molar-refractivity contribution in [2.24, 2.45) is 0 Å². The molecule has 0 saturated heterocycles. The summed E-state index contributed by atoms with van der Waals surface area (Å²) in [6.07, 6.45) is 1.70. The highest BCUT2D eigenvalue weighted by atomic mass is 35.5. The maximum absolute atomic E-state index is 12.4. The molecule has 26 heavy (non-hydrogen) atoms. The van der Waals surface area contributed by atoms with Crippen molar-refractivity contribution in [2.45, 2.75) is 39.2 Å². The molecular weight excluding hydrogens is 350 g/mol. The number of nitrogens with one attached hydrogen (secondary N) is 1. The largest absolute Gasteiger partial charge is 0.494 e. The van der Waals surface area contributed by atoms with Gasteiger partial charge in [0.25, 0.3) is 5.91 Å². The van der Waals surface area contributed by atoms with Crippen LogP contribution in [0.15, 0.2) is 48.5 Å². The lowest BCUT2D eigenvalue weighted by atomic mass is 10.1. The number of carbonyl (C=O) groups excluding carboxylic acids is 1. The molecule has 0 aromatic heterocycles. The maximum Gasteiger partial charge on any atom is 0.261 e. The molecule has 0 fully saturated rings. The number of aryl methyl sites for hydroxylation is 1. The molecule has 0 heterocycles. The van der Waals surface area contributed by atoms with Crippen LogP contribution in [0.5, 0.6) is 11.5 Å². The Bertz CT molecular complexity index is 705. The summed E-state index contributed by atoms with van der Waals surface area (Å²) < 4.78 is 11.4. The van der Waals surface area contributed by atoms with E-state index in [-0.39, 0.29) is 5.91 Å². The van der Waals surface area contributed by atoms with Crippen molar-refractivity contribution in [1.29, 1.82) is 0 Å². The van der Waals surface area contributed by atoms with Crippen molar-refractivity contribution < 1.29 is 14.3 Å². The van der Waals surface area contributed by atoms with Crippen LogP contribution in [0.3, 0.4) is 0 Å². The summed E-state index contributed by atoms with van der Waals surface area (Å²) in [4.78, 5) is 12.4. The minimum absolute atomic E-state index is 0.120. The fourth-order valence-corrected chi connectivity index (χ4v) is 2.81. The minimum atomic E-state index is -0.550. The summed E-state index contributed by atoms with van der Waals surface area (Å²) >= 11 is 6.10. The Morgan fingerprint density at radius 1 is 1.08 bits per heavy atom. The van der Waals surface area contributed by atoms with E-state index in [2.05, 4.69) is 11.4 Å². The number of rotatable bonds is 10. The van der Waals surface area contributed by atoms with Gasteiger partial charge in [-0.25, -0.2) is 0 Å². The second-order valence-electron chi connectivity index (χ2n) is 5.88. The molecule has 1 amide bonds. The number of carbonyl (C=O) groups is 1. The van der Waals surface area contributed by atoms with Crippen molar-refractivity contribution in [1.82, 2.24) is 5.32 Å². The van der Waals surface area contributed by atoms with Gasteiger partial charge < -0.3 is 14.8 Å². The second-order valence-corrected chi connectivity index (χ2v) is 6.29. The van der Waals surface area contributed by atoms with E-state index in [0.29, 0.717) is 30.3 Å². The van der Waals surface area contributed by atoms with Gasteiger partial charge in [-0.15, -0.1) is 0 Å². The summed E-state index contributed by atoms with van der Waals surface area (Å²) in [5, 5.41) is 3.45. The van der Waals surface area contributed by atoms with Gasteiger partial charge in [0.2, 0.25) is 0 Å². The molecule has 0 unspecified atom stereocenters. The van der Waals surface area contributed by atoms with E-state index in [1.54, 1.807) is 12.1 Å². The Morgan fingerprint density at radius 3 is 2.46 bits per heavy atom. The second kappa shape index (κ2) is 10.7. The third kappa shape index (κ3) is 5.95. The van der Waals surface area contributed by atoms with Gasteiger partial charge in [-0.1, -0.05) is 48.9 Å². The number of ether oxygens (including phenoxy) is 2. The molecule has 0 spiro atoms. The lowest BCUT2D eigenvalue weighted by Gasteiger charge is -2.18. The zero-order valence-electron chi connectivity index (χ0n) is 15.3. The van der Waals surface area contributed by atoms with Crippen molar-refractivity contribution in [3.8, 4) is 11.5 Å². The molecular formula is C21H26ClNO3. The van der Waals surface area contributed by atoms with Crippen LogP contribution in [0.2, 0.25) is 5.02 Å². The van der Waals surface area contributed by atoms with Crippen LogP contribution >= 0.6 is 11.6 Å². The molecule has 2 rings (SSSR count). The predicted octanol–water partition coefficient (Wildman–Crippen LogP) is 4.65. The van der Waals surface area contributed by atoms with Crippen LogP contribution < -0.4 is 14.8 Å². The van der Waals surface area contributed by atoms with Crippen LogP contribution in [-0.2, 0) is 11.2 Å². The van der Waals surface area contributed by atoms with E-state index in [1.807, 2.05) is 44.2 Å². The van der Waals surface area contributed by atoms with Gasteiger partial charge in [0.15, 0.2) is 6.10 Å². The van der Waals surface area contributed by atoms with Crippen LogP contribution in [0.25, 0.3) is 0 Å². The summed E-state index contributed by atoms with van der Waals surface area (Å²) in [6, 6.07) is 15.2. The summed E-state index contributed by atoms with van der Waals surface area (Å²) in [6.45, 7) is 5.12. The molecule has 5 heteroatoms. The third-order valence-electron chi connectivity index (χ3n) is 3.96. The predicted molar refractivity (Wildman–Crippen MR) is 105 cm³/mol. The molecule has 0 aliphatic rings. The average Bonchev–Trinajstić information content (AvgIpc) is 2.66. The molecule has 140 valence electrons. The molecule has 0 aliphatic carbocycles. The van der Waals surface area contributed by atoms with Crippen molar-refractivity contribution >= 4 is 17.5 Å². The first-order chi connectivity index (χ1) is 12.7. The van der Waals surface area contributed by atoms with E-state index >= 15 is 0 Å². The van der Waals surface area contributed by atoms with Gasteiger partial charge in [-0.3, -0.25) is 4.79 Å². The van der Waals surface area contributed by atoms with Crippen LogP contribution in [-0.4, -0.2) is 25.2 Å². The van der Waals surface area contributed by atoms with Gasteiger partial charge >= 0.3 is 0 Å². The lowest BCUT2D eigenvalue weighted by Crippen LogP contribution is -2.38.